The molecular formula is C13H13Cl2IN2O2. The van der Waals surface area contributed by atoms with Gasteiger partial charge >= 0.3 is 0 Å². The monoisotopic (exact) mass is 426 g/mol. The van der Waals surface area contributed by atoms with Crippen LogP contribution in [-0.4, -0.2) is 28.6 Å². The molecule has 0 fully saturated rings. The molecule has 0 saturated carbocycles. The van der Waals surface area contributed by atoms with Crippen LogP contribution in [0.15, 0.2) is 24.4 Å². The van der Waals surface area contributed by atoms with E-state index in [0.29, 0.717) is 34.5 Å². The van der Waals surface area contributed by atoms with E-state index < -0.39 is 6.10 Å². The molecule has 4 nitrogen and oxygen atoms in total. The van der Waals surface area contributed by atoms with Crippen LogP contribution in [0, 0.1) is 3.57 Å². The topological polar surface area (TPSA) is 47.3 Å². The maximum Gasteiger partial charge on any atom is 0.122 e. The average molecular weight is 427 g/mol. The molecule has 1 heterocycles. The van der Waals surface area contributed by atoms with Gasteiger partial charge in [-0.05, 0) is 40.3 Å². The number of hydrogen-bond donors (Lipinski definition) is 1. The van der Waals surface area contributed by atoms with E-state index in [4.69, 9.17) is 27.9 Å². The van der Waals surface area contributed by atoms with Crippen LogP contribution in [0.3, 0.4) is 0 Å². The largest absolute Gasteiger partial charge is 0.383 e. The number of halogens is 3. The highest BCUT2D eigenvalue weighted by atomic mass is 127. The second-order valence-electron chi connectivity index (χ2n) is 4.17. The highest BCUT2D eigenvalue weighted by Crippen LogP contribution is 2.30. The number of benzene rings is 1. The molecule has 0 spiro atoms. The number of aromatic nitrogens is 2. The predicted octanol–water partition coefficient (Wildman–Crippen LogP) is 3.52. The van der Waals surface area contributed by atoms with Crippen molar-refractivity contribution in [2.24, 2.45) is 0 Å². The van der Waals surface area contributed by atoms with Crippen molar-refractivity contribution in [1.82, 2.24) is 9.78 Å². The molecule has 1 aromatic carbocycles. The molecule has 0 radical (unpaired) electrons. The normalized spacial score (nSPS) is 12.7. The summed E-state index contributed by atoms with van der Waals surface area (Å²) in [5.74, 6) is 0. The molecule has 20 heavy (non-hydrogen) atoms. The second-order valence-corrected chi connectivity index (χ2v) is 6.15. The molecule has 0 saturated heterocycles. The molecule has 0 bridgehead atoms. The Morgan fingerprint density at radius 3 is 2.80 bits per heavy atom. The Balaban J connectivity index is 2.34. The van der Waals surface area contributed by atoms with Crippen molar-refractivity contribution in [2.45, 2.75) is 12.6 Å². The molecule has 0 aliphatic heterocycles. The molecule has 1 aromatic heterocycles. The average Bonchev–Trinajstić information content (AvgIpc) is 2.80. The predicted molar refractivity (Wildman–Crippen MR) is 87.3 cm³/mol. The molecule has 108 valence electrons. The van der Waals surface area contributed by atoms with Crippen molar-refractivity contribution >= 4 is 45.8 Å². The molecule has 0 amide bonds. The Bertz CT molecular complexity index is 604. The number of rotatable bonds is 5. The molecule has 1 unspecified atom stereocenters. The summed E-state index contributed by atoms with van der Waals surface area (Å²) in [6, 6.07) is 5.41. The van der Waals surface area contributed by atoms with Crippen molar-refractivity contribution in [1.29, 1.82) is 0 Å². The minimum absolute atomic E-state index is 0.420. The van der Waals surface area contributed by atoms with E-state index in [1.165, 1.54) is 6.20 Å². The van der Waals surface area contributed by atoms with Crippen molar-refractivity contribution in [2.75, 3.05) is 13.7 Å². The minimum Gasteiger partial charge on any atom is -0.383 e. The maximum absolute atomic E-state index is 10.5. The van der Waals surface area contributed by atoms with Crippen molar-refractivity contribution in [3.05, 3.63) is 49.3 Å². The third kappa shape index (κ3) is 3.46. The van der Waals surface area contributed by atoms with E-state index >= 15 is 0 Å². The summed E-state index contributed by atoms with van der Waals surface area (Å²) in [7, 11) is 1.61. The highest BCUT2D eigenvalue weighted by Gasteiger charge is 2.20. The first-order valence-corrected chi connectivity index (χ1v) is 7.71. The van der Waals surface area contributed by atoms with Crippen molar-refractivity contribution < 1.29 is 9.84 Å². The molecule has 2 aromatic rings. The van der Waals surface area contributed by atoms with Gasteiger partial charge in [-0.15, -0.1) is 0 Å². The fourth-order valence-corrected chi connectivity index (χ4v) is 2.61. The fourth-order valence-electron chi connectivity index (χ4n) is 1.84. The first kappa shape index (κ1) is 16.0. The maximum atomic E-state index is 10.5. The SMILES string of the molecule is COCCn1ncc(Cl)c1C(O)c1ccc(I)c(Cl)c1. The van der Waals surface area contributed by atoms with Gasteiger partial charge in [0.15, 0.2) is 0 Å². The molecule has 0 aliphatic carbocycles. The highest BCUT2D eigenvalue weighted by molar-refractivity contribution is 14.1. The van der Waals surface area contributed by atoms with Gasteiger partial charge in [0.1, 0.15) is 6.10 Å². The van der Waals surface area contributed by atoms with Gasteiger partial charge in [0.05, 0.1) is 35.1 Å². The number of nitrogens with zero attached hydrogens (tertiary/aromatic N) is 2. The Morgan fingerprint density at radius 2 is 2.15 bits per heavy atom. The van der Waals surface area contributed by atoms with Crippen LogP contribution in [0.1, 0.15) is 17.4 Å². The van der Waals surface area contributed by atoms with Crippen LogP contribution >= 0.6 is 45.8 Å². The van der Waals surface area contributed by atoms with Gasteiger partial charge in [-0.2, -0.15) is 5.10 Å². The zero-order chi connectivity index (χ0) is 14.7. The van der Waals surface area contributed by atoms with E-state index in [9.17, 15) is 5.11 Å². The van der Waals surface area contributed by atoms with Gasteiger partial charge in [0, 0.05) is 10.7 Å². The van der Waals surface area contributed by atoms with E-state index in [0.717, 1.165) is 3.57 Å². The van der Waals surface area contributed by atoms with E-state index in [1.54, 1.807) is 17.9 Å². The van der Waals surface area contributed by atoms with Crippen LogP contribution in [0.2, 0.25) is 10.0 Å². The quantitative estimate of drug-likeness (QED) is 0.744. The Morgan fingerprint density at radius 1 is 1.40 bits per heavy atom. The lowest BCUT2D eigenvalue weighted by molar-refractivity contribution is 0.171. The number of aliphatic hydroxyl groups is 1. The second kappa shape index (κ2) is 7.09. The van der Waals surface area contributed by atoms with Gasteiger partial charge in [-0.1, -0.05) is 29.3 Å². The van der Waals surface area contributed by atoms with Crippen LogP contribution < -0.4 is 0 Å². The number of aliphatic hydroxyl groups excluding tert-OH is 1. The van der Waals surface area contributed by atoms with Crippen molar-refractivity contribution in [3.8, 4) is 0 Å². The lowest BCUT2D eigenvalue weighted by Gasteiger charge is -2.15. The zero-order valence-corrected chi connectivity index (χ0v) is 14.4. The Labute approximate surface area is 140 Å². The summed E-state index contributed by atoms with van der Waals surface area (Å²) in [5.41, 5.74) is 1.22. The summed E-state index contributed by atoms with van der Waals surface area (Å²) in [5, 5.41) is 15.7. The number of ether oxygens (including phenoxy) is 1. The van der Waals surface area contributed by atoms with Gasteiger partial charge in [0.25, 0.3) is 0 Å². The van der Waals surface area contributed by atoms with Gasteiger partial charge in [-0.25, -0.2) is 0 Å². The van der Waals surface area contributed by atoms with Gasteiger partial charge in [-0.3, -0.25) is 4.68 Å². The van der Waals surface area contributed by atoms with E-state index in [2.05, 4.69) is 27.7 Å². The fraction of sp³-hybridized carbons (Fsp3) is 0.308. The van der Waals surface area contributed by atoms with Gasteiger partial charge < -0.3 is 9.84 Å². The summed E-state index contributed by atoms with van der Waals surface area (Å²) < 4.78 is 7.59. The standard InChI is InChI=1S/C13H13Cl2IN2O2/c1-20-5-4-18-12(10(15)7-17-18)13(19)8-2-3-11(16)9(14)6-8/h2-3,6-7,13,19H,4-5H2,1H3. The van der Waals surface area contributed by atoms with Crippen molar-refractivity contribution in [3.63, 3.8) is 0 Å². The molecule has 1 N–H and O–H groups in total. The van der Waals surface area contributed by atoms with Crippen LogP contribution in [0.5, 0.6) is 0 Å². The Kier molecular flexibility index (Phi) is 5.68. The van der Waals surface area contributed by atoms with E-state index in [-0.39, 0.29) is 0 Å². The van der Waals surface area contributed by atoms with Crippen LogP contribution in [0.4, 0.5) is 0 Å². The number of methoxy groups -OCH3 is 1. The smallest absolute Gasteiger partial charge is 0.122 e. The third-order valence-corrected chi connectivity index (χ3v) is 4.72. The molecule has 1 atom stereocenters. The van der Waals surface area contributed by atoms with E-state index in [1.807, 2.05) is 12.1 Å². The summed E-state index contributed by atoms with van der Waals surface area (Å²) in [6.45, 7) is 1.01. The number of hydrogen-bond acceptors (Lipinski definition) is 3. The van der Waals surface area contributed by atoms with Crippen LogP contribution in [-0.2, 0) is 11.3 Å². The minimum atomic E-state index is -0.878. The Hall–Kier alpha value is -0.340. The third-order valence-electron chi connectivity index (χ3n) is 2.86. The summed E-state index contributed by atoms with van der Waals surface area (Å²) in [6.07, 6.45) is 0.640. The zero-order valence-electron chi connectivity index (χ0n) is 10.7. The molecule has 7 heteroatoms. The summed E-state index contributed by atoms with van der Waals surface area (Å²) in [4.78, 5) is 0. The molecule has 0 aliphatic rings. The van der Waals surface area contributed by atoms with Crippen LogP contribution in [0.25, 0.3) is 0 Å². The first-order chi connectivity index (χ1) is 9.54. The molecule has 2 rings (SSSR count). The molecular weight excluding hydrogens is 414 g/mol. The summed E-state index contributed by atoms with van der Waals surface area (Å²) >= 11 is 14.3. The lowest BCUT2D eigenvalue weighted by atomic mass is 10.1. The van der Waals surface area contributed by atoms with Gasteiger partial charge in [0.2, 0.25) is 0 Å². The lowest BCUT2D eigenvalue weighted by Crippen LogP contribution is -2.13. The first-order valence-electron chi connectivity index (χ1n) is 5.87.